The Bertz CT molecular complexity index is 1340. The quantitative estimate of drug-likeness (QED) is 0.327. The molecule has 3 N–H and O–H groups in total. The van der Waals surface area contributed by atoms with Crippen LogP contribution in [0.2, 0.25) is 0 Å². The first-order valence-electron chi connectivity index (χ1n) is 13.4. The summed E-state index contributed by atoms with van der Waals surface area (Å²) in [4.78, 5) is 52.6. The second-order valence-corrected chi connectivity index (χ2v) is 11.4. The van der Waals surface area contributed by atoms with Crippen LogP contribution in [-0.4, -0.2) is 65.3 Å². The zero-order chi connectivity index (χ0) is 28.7. The van der Waals surface area contributed by atoms with Gasteiger partial charge in [-0.2, -0.15) is 0 Å². The molecule has 0 radical (unpaired) electrons. The fourth-order valence-electron chi connectivity index (χ4n) is 6.28. The number of fused-ring (bicyclic) bond motifs is 1. The van der Waals surface area contributed by atoms with E-state index < -0.39 is 35.2 Å². The average molecular weight is 554 g/mol. The molecule has 212 valence electrons. The van der Waals surface area contributed by atoms with Crippen molar-refractivity contribution in [3.63, 3.8) is 0 Å². The molecule has 0 aromatic heterocycles. The number of carbonyl (C=O) groups is 4. The van der Waals surface area contributed by atoms with Crippen LogP contribution in [0.15, 0.2) is 36.4 Å². The van der Waals surface area contributed by atoms with E-state index in [2.05, 4.69) is 22.9 Å². The Morgan fingerprint density at radius 2 is 1.88 bits per heavy atom. The molecule has 2 aromatic rings. The van der Waals surface area contributed by atoms with Crippen LogP contribution in [-0.2, 0) is 27.2 Å². The summed E-state index contributed by atoms with van der Waals surface area (Å²) < 4.78 is 28.3. The molecule has 9 nitrogen and oxygen atoms in total. The van der Waals surface area contributed by atoms with Crippen molar-refractivity contribution in [3.8, 4) is 0 Å². The van der Waals surface area contributed by atoms with Crippen LogP contribution in [0.25, 0.3) is 0 Å². The summed E-state index contributed by atoms with van der Waals surface area (Å²) in [6.07, 6.45) is 4.27. The Balaban J connectivity index is 1.30. The summed E-state index contributed by atoms with van der Waals surface area (Å²) in [5.41, 5.74) is 1.38. The zero-order valence-corrected chi connectivity index (χ0v) is 22.6. The highest BCUT2D eigenvalue weighted by Crippen LogP contribution is 2.38. The smallest absolute Gasteiger partial charge is 0.324 e. The molecule has 0 bridgehead atoms. The van der Waals surface area contributed by atoms with Crippen LogP contribution in [0.4, 0.5) is 19.3 Å². The number of anilines is 1. The molecule has 3 aliphatic rings. The van der Waals surface area contributed by atoms with Crippen LogP contribution < -0.4 is 16.0 Å². The van der Waals surface area contributed by atoms with E-state index in [-0.39, 0.29) is 23.6 Å². The molecule has 2 saturated heterocycles. The SMILES string of the molecule is CN1C(=O)NC(=O)[C@@]12Cc1ccc(NC(=O)CN(C=O)[C@@H](CC[C@@]3(C)CCCN3)c3cc(F)cc(F)c3)cc1C2. The van der Waals surface area contributed by atoms with Crippen molar-refractivity contribution in [2.45, 2.75) is 62.6 Å². The first-order chi connectivity index (χ1) is 19.0. The topological polar surface area (TPSA) is 111 Å². The van der Waals surface area contributed by atoms with Gasteiger partial charge in [-0.3, -0.25) is 19.7 Å². The van der Waals surface area contributed by atoms with Crippen LogP contribution >= 0.6 is 0 Å². The molecule has 11 heteroatoms. The van der Waals surface area contributed by atoms with Crippen molar-refractivity contribution in [2.24, 2.45) is 0 Å². The predicted molar refractivity (Wildman–Crippen MR) is 143 cm³/mol. The molecule has 2 fully saturated rings. The molecule has 1 spiro atoms. The van der Waals surface area contributed by atoms with Gasteiger partial charge in [-0.15, -0.1) is 0 Å². The van der Waals surface area contributed by atoms with Crippen LogP contribution in [0.3, 0.4) is 0 Å². The summed E-state index contributed by atoms with van der Waals surface area (Å²) in [5, 5.41) is 8.62. The summed E-state index contributed by atoms with van der Waals surface area (Å²) >= 11 is 0. The molecule has 2 aromatic carbocycles. The van der Waals surface area contributed by atoms with E-state index in [1.165, 1.54) is 21.9 Å². The van der Waals surface area contributed by atoms with Gasteiger partial charge < -0.3 is 20.4 Å². The van der Waals surface area contributed by atoms with E-state index in [9.17, 15) is 28.0 Å². The van der Waals surface area contributed by atoms with E-state index in [4.69, 9.17) is 0 Å². The number of halogens is 2. The highest BCUT2D eigenvalue weighted by atomic mass is 19.1. The Kier molecular flexibility index (Phi) is 7.34. The maximum Gasteiger partial charge on any atom is 0.324 e. The number of benzene rings is 2. The fourth-order valence-corrected chi connectivity index (χ4v) is 6.28. The lowest BCUT2D eigenvalue weighted by Crippen LogP contribution is -2.48. The first-order valence-corrected chi connectivity index (χ1v) is 13.4. The third kappa shape index (κ3) is 5.30. The van der Waals surface area contributed by atoms with Crippen molar-refractivity contribution in [1.29, 1.82) is 0 Å². The summed E-state index contributed by atoms with van der Waals surface area (Å²) in [6, 6.07) is 7.32. The summed E-state index contributed by atoms with van der Waals surface area (Å²) in [6.45, 7) is 2.65. The standard InChI is InChI=1S/C29H33F2N5O4/c1-28(7-3-9-32-28)8-6-24(19-10-21(30)13-22(31)11-19)36(17-37)16-25(38)33-23-5-4-18-14-29(15-20(18)12-23)26(39)34-27(40)35(29)2/h4-5,10-13,17,24,32H,3,6-9,14-16H2,1-2H3,(H,33,38)(H,34,39,40)/t24-,28+,29-/m0/s1. The third-order valence-corrected chi connectivity index (χ3v) is 8.60. The van der Waals surface area contributed by atoms with E-state index in [0.717, 1.165) is 36.6 Å². The molecular formula is C29H33F2N5O4. The van der Waals surface area contributed by atoms with Crippen molar-refractivity contribution in [2.75, 3.05) is 25.5 Å². The van der Waals surface area contributed by atoms with Gasteiger partial charge in [0.25, 0.3) is 5.91 Å². The highest BCUT2D eigenvalue weighted by Gasteiger charge is 2.54. The maximum absolute atomic E-state index is 14.1. The van der Waals surface area contributed by atoms with Crippen molar-refractivity contribution in [3.05, 3.63) is 64.7 Å². The Morgan fingerprint density at radius 1 is 1.15 bits per heavy atom. The lowest BCUT2D eigenvalue weighted by Gasteiger charge is -2.32. The lowest BCUT2D eigenvalue weighted by molar-refractivity contribution is -0.127. The van der Waals surface area contributed by atoms with Gasteiger partial charge in [0, 0.05) is 37.2 Å². The molecule has 1 aliphatic carbocycles. The monoisotopic (exact) mass is 553 g/mol. The third-order valence-electron chi connectivity index (χ3n) is 8.60. The van der Waals surface area contributed by atoms with Gasteiger partial charge in [0.15, 0.2) is 0 Å². The van der Waals surface area contributed by atoms with E-state index in [0.29, 0.717) is 37.8 Å². The number of nitrogens with zero attached hydrogens (tertiary/aromatic N) is 2. The van der Waals surface area contributed by atoms with E-state index in [1.54, 1.807) is 19.2 Å². The number of urea groups is 1. The second kappa shape index (κ2) is 10.6. The normalized spacial score (nSPS) is 24.2. The van der Waals surface area contributed by atoms with Gasteiger partial charge in [-0.25, -0.2) is 13.6 Å². The Labute approximate surface area is 231 Å². The molecule has 40 heavy (non-hydrogen) atoms. The zero-order valence-electron chi connectivity index (χ0n) is 22.6. The number of likely N-dealkylation sites (N-methyl/N-ethyl adjacent to an activating group) is 1. The Morgan fingerprint density at radius 3 is 2.50 bits per heavy atom. The first kappa shape index (κ1) is 27.7. The number of imide groups is 1. The van der Waals surface area contributed by atoms with Gasteiger partial charge in [0.05, 0.1) is 6.04 Å². The molecule has 2 aliphatic heterocycles. The van der Waals surface area contributed by atoms with Gasteiger partial charge in [0.2, 0.25) is 12.3 Å². The molecule has 0 saturated carbocycles. The van der Waals surface area contributed by atoms with Crippen molar-refractivity contribution < 1.29 is 28.0 Å². The predicted octanol–water partition coefficient (Wildman–Crippen LogP) is 3.04. The minimum Gasteiger partial charge on any atom is -0.329 e. The number of carbonyl (C=O) groups excluding carboxylic acids is 4. The largest absolute Gasteiger partial charge is 0.329 e. The highest BCUT2D eigenvalue weighted by molar-refractivity contribution is 6.07. The maximum atomic E-state index is 14.1. The minimum atomic E-state index is -0.978. The van der Waals surface area contributed by atoms with Crippen molar-refractivity contribution in [1.82, 2.24) is 20.4 Å². The van der Waals surface area contributed by atoms with Crippen LogP contribution in [0.1, 0.15) is 55.3 Å². The lowest BCUT2D eigenvalue weighted by atomic mass is 9.89. The molecule has 5 amide bonds. The number of amides is 5. The van der Waals surface area contributed by atoms with Crippen LogP contribution in [0.5, 0.6) is 0 Å². The number of hydrogen-bond acceptors (Lipinski definition) is 5. The van der Waals surface area contributed by atoms with Gasteiger partial charge in [0.1, 0.15) is 23.7 Å². The van der Waals surface area contributed by atoms with Crippen molar-refractivity contribution >= 4 is 29.9 Å². The molecular weight excluding hydrogens is 520 g/mol. The molecule has 2 heterocycles. The second-order valence-electron chi connectivity index (χ2n) is 11.4. The number of nitrogens with one attached hydrogen (secondary N) is 3. The summed E-state index contributed by atoms with van der Waals surface area (Å²) in [7, 11) is 1.59. The average Bonchev–Trinajstić information content (AvgIpc) is 3.56. The van der Waals surface area contributed by atoms with Crippen LogP contribution in [0, 0.1) is 11.6 Å². The molecule has 0 unspecified atom stereocenters. The molecule has 3 atom stereocenters. The Hall–Kier alpha value is -3.86. The number of hydrogen-bond donors (Lipinski definition) is 3. The fraction of sp³-hybridized carbons (Fsp3) is 0.448. The summed E-state index contributed by atoms with van der Waals surface area (Å²) in [5.74, 6) is -2.32. The molecule has 5 rings (SSSR count). The van der Waals surface area contributed by atoms with E-state index >= 15 is 0 Å². The number of rotatable bonds is 9. The van der Waals surface area contributed by atoms with Gasteiger partial charge >= 0.3 is 6.03 Å². The van der Waals surface area contributed by atoms with Gasteiger partial charge in [-0.05, 0) is 80.1 Å². The van der Waals surface area contributed by atoms with E-state index in [1.807, 2.05) is 6.07 Å². The minimum absolute atomic E-state index is 0.155. The van der Waals surface area contributed by atoms with Gasteiger partial charge in [-0.1, -0.05) is 6.07 Å².